The average molecular weight is 271 g/mol. The Labute approximate surface area is 114 Å². The Morgan fingerprint density at radius 3 is 2.37 bits per heavy atom. The van der Waals surface area contributed by atoms with Crippen molar-refractivity contribution in [1.29, 1.82) is 0 Å². The highest BCUT2D eigenvalue weighted by molar-refractivity contribution is 5.94. The van der Waals surface area contributed by atoms with Crippen molar-refractivity contribution in [3.05, 3.63) is 0 Å². The Morgan fingerprint density at radius 1 is 1.42 bits per heavy atom. The van der Waals surface area contributed by atoms with Crippen LogP contribution < -0.4 is 11.1 Å². The Hall–Kier alpha value is -1.30. The van der Waals surface area contributed by atoms with Gasteiger partial charge >= 0.3 is 0 Å². The smallest absolute Gasteiger partial charge is 0.226 e. The minimum absolute atomic E-state index is 0.00983. The van der Waals surface area contributed by atoms with Crippen LogP contribution in [0.25, 0.3) is 0 Å². The van der Waals surface area contributed by atoms with Gasteiger partial charge < -0.3 is 21.0 Å². The van der Waals surface area contributed by atoms with Gasteiger partial charge in [0.1, 0.15) is 0 Å². The molecule has 1 saturated heterocycles. The van der Waals surface area contributed by atoms with E-state index in [9.17, 15) is 4.79 Å². The fourth-order valence-corrected chi connectivity index (χ4v) is 2.52. The summed E-state index contributed by atoms with van der Waals surface area (Å²) in [7, 11) is 0. The zero-order valence-electron chi connectivity index (χ0n) is 12.3. The van der Waals surface area contributed by atoms with E-state index in [0.717, 1.165) is 0 Å². The van der Waals surface area contributed by atoms with E-state index in [-0.39, 0.29) is 35.8 Å². The molecular weight excluding hydrogens is 246 g/mol. The van der Waals surface area contributed by atoms with Gasteiger partial charge in [0, 0.05) is 0 Å². The second-order valence-corrected chi connectivity index (χ2v) is 5.59. The van der Waals surface area contributed by atoms with Crippen LogP contribution in [0.5, 0.6) is 0 Å². The van der Waals surface area contributed by atoms with Crippen LogP contribution in [0.2, 0.25) is 0 Å². The Balaban J connectivity index is 2.84. The van der Waals surface area contributed by atoms with Crippen molar-refractivity contribution >= 4 is 11.7 Å². The first kappa shape index (κ1) is 15.8. The molecule has 0 radical (unpaired) electrons. The number of oxime groups is 1. The molecule has 4 N–H and O–H groups in total. The van der Waals surface area contributed by atoms with E-state index in [1.165, 1.54) is 0 Å². The predicted octanol–water partition coefficient (Wildman–Crippen LogP) is 1.08. The van der Waals surface area contributed by atoms with Gasteiger partial charge in [0.15, 0.2) is 5.84 Å². The minimum atomic E-state index is -0.836. The van der Waals surface area contributed by atoms with Gasteiger partial charge in [-0.15, -0.1) is 0 Å². The number of hydrogen-bond acceptors (Lipinski definition) is 4. The molecule has 1 heterocycles. The number of nitrogens with two attached hydrogens (primary N) is 1. The summed E-state index contributed by atoms with van der Waals surface area (Å²) < 4.78 is 5.67. The maximum atomic E-state index is 12.4. The van der Waals surface area contributed by atoms with E-state index < -0.39 is 5.54 Å². The fourth-order valence-electron chi connectivity index (χ4n) is 2.52. The maximum absolute atomic E-state index is 12.4. The predicted molar refractivity (Wildman–Crippen MR) is 72.9 cm³/mol. The third-order valence-electron chi connectivity index (χ3n) is 4.32. The van der Waals surface area contributed by atoms with Crippen molar-refractivity contribution in [2.45, 2.75) is 58.8 Å². The van der Waals surface area contributed by atoms with Crippen LogP contribution in [0.3, 0.4) is 0 Å². The standard InChI is InChI=1S/C13H25N3O3/c1-6-13(5,12(14)16-18)15-11(17)10-7(2)8(3)19-9(10)4/h7-10,18H,6H2,1-5H3,(H2,14,16)(H,15,17). The minimum Gasteiger partial charge on any atom is -0.409 e. The maximum Gasteiger partial charge on any atom is 0.226 e. The Bertz CT molecular complexity index is 372. The molecule has 1 rings (SSSR count). The average Bonchev–Trinajstić information content (AvgIpc) is 2.61. The number of amidine groups is 1. The number of rotatable bonds is 4. The molecule has 0 aliphatic carbocycles. The molecule has 1 aliphatic heterocycles. The molecule has 1 aliphatic rings. The van der Waals surface area contributed by atoms with Crippen molar-refractivity contribution in [2.24, 2.45) is 22.7 Å². The summed E-state index contributed by atoms with van der Waals surface area (Å²) in [5.74, 6) is -0.174. The third-order valence-corrected chi connectivity index (χ3v) is 4.32. The van der Waals surface area contributed by atoms with Gasteiger partial charge in [-0.3, -0.25) is 4.79 Å². The summed E-state index contributed by atoms with van der Waals surface area (Å²) in [6.45, 7) is 9.49. The van der Waals surface area contributed by atoms with Crippen LogP contribution in [0.4, 0.5) is 0 Å². The number of carbonyl (C=O) groups is 1. The third kappa shape index (κ3) is 3.00. The van der Waals surface area contributed by atoms with Crippen LogP contribution in [0.1, 0.15) is 41.0 Å². The van der Waals surface area contributed by atoms with Crippen molar-refractivity contribution in [3.63, 3.8) is 0 Å². The summed E-state index contributed by atoms with van der Waals surface area (Å²) in [5.41, 5.74) is 4.82. The molecule has 0 aromatic rings. The molecule has 1 fully saturated rings. The molecule has 0 spiro atoms. The van der Waals surface area contributed by atoms with Crippen molar-refractivity contribution in [2.75, 3.05) is 0 Å². The highest BCUT2D eigenvalue weighted by atomic mass is 16.5. The SMILES string of the molecule is CCC(C)(NC(=O)C1C(C)OC(C)C1C)C(N)=NO. The summed E-state index contributed by atoms with van der Waals surface area (Å²) in [6, 6.07) is 0. The number of nitrogens with zero attached hydrogens (tertiary/aromatic N) is 1. The number of amides is 1. The molecule has 6 heteroatoms. The Kier molecular flexibility index (Phi) is 4.79. The van der Waals surface area contributed by atoms with Gasteiger partial charge in [0.2, 0.25) is 5.91 Å². The van der Waals surface area contributed by atoms with Gasteiger partial charge in [0.25, 0.3) is 0 Å². The second kappa shape index (κ2) is 5.77. The van der Waals surface area contributed by atoms with Crippen LogP contribution in [0, 0.1) is 11.8 Å². The number of hydrogen-bond donors (Lipinski definition) is 3. The Morgan fingerprint density at radius 2 is 2.00 bits per heavy atom. The lowest BCUT2D eigenvalue weighted by molar-refractivity contribution is -0.128. The number of ether oxygens (including phenoxy) is 1. The molecule has 6 nitrogen and oxygen atoms in total. The van der Waals surface area contributed by atoms with Gasteiger partial charge in [0.05, 0.1) is 23.7 Å². The van der Waals surface area contributed by atoms with Gasteiger partial charge in [-0.1, -0.05) is 19.0 Å². The monoisotopic (exact) mass is 271 g/mol. The van der Waals surface area contributed by atoms with Gasteiger partial charge in [-0.05, 0) is 33.1 Å². The molecule has 0 bridgehead atoms. The normalized spacial score (nSPS) is 34.9. The van der Waals surface area contributed by atoms with E-state index in [1.807, 2.05) is 27.7 Å². The summed E-state index contributed by atoms with van der Waals surface area (Å²) >= 11 is 0. The van der Waals surface area contributed by atoms with Crippen LogP contribution in [-0.2, 0) is 9.53 Å². The number of carbonyl (C=O) groups excluding carboxylic acids is 1. The zero-order valence-corrected chi connectivity index (χ0v) is 12.3. The first-order valence-electron chi connectivity index (χ1n) is 6.72. The molecule has 0 aromatic heterocycles. The highest BCUT2D eigenvalue weighted by Crippen LogP contribution is 2.32. The van der Waals surface area contributed by atoms with E-state index >= 15 is 0 Å². The van der Waals surface area contributed by atoms with Gasteiger partial charge in [-0.2, -0.15) is 0 Å². The summed E-state index contributed by atoms with van der Waals surface area (Å²) in [5, 5.41) is 14.7. The molecule has 5 atom stereocenters. The fraction of sp³-hybridized carbons (Fsp3) is 0.846. The molecule has 0 saturated carbocycles. The molecule has 0 aromatic carbocycles. The van der Waals surface area contributed by atoms with Crippen molar-refractivity contribution in [1.82, 2.24) is 5.32 Å². The van der Waals surface area contributed by atoms with Crippen LogP contribution >= 0.6 is 0 Å². The van der Waals surface area contributed by atoms with Crippen LogP contribution in [-0.4, -0.2) is 34.7 Å². The first-order chi connectivity index (χ1) is 8.76. The lowest BCUT2D eigenvalue weighted by atomic mass is 9.87. The second-order valence-electron chi connectivity index (χ2n) is 5.59. The largest absolute Gasteiger partial charge is 0.409 e. The van der Waals surface area contributed by atoms with Gasteiger partial charge in [-0.25, -0.2) is 0 Å². The molecule has 110 valence electrons. The molecule has 1 amide bonds. The van der Waals surface area contributed by atoms with Crippen molar-refractivity contribution in [3.8, 4) is 0 Å². The quantitative estimate of drug-likeness (QED) is 0.308. The van der Waals surface area contributed by atoms with E-state index in [2.05, 4.69) is 10.5 Å². The van der Waals surface area contributed by atoms with E-state index in [4.69, 9.17) is 15.7 Å². The lowest BCUT2D eigenvalue weighted by Crippen LogP contribution is -2.57. The van der Waals surface area contributed by atoms with E-state index in [0.29, 0.717) is 6.42 Å². The number of nitrogens with one attached hydrogen (secondary N) is 1. The molecular formula is C13H25N3O3. The zero-order chi connectivity index (χ0) is 14.8. The van der Waals surface area contributed by atoms with Crippen LogP contribution in [0.15, 0.2) is 5.16 Å². The lowest BCUT2D eigenvalue weighted by Gasteiger charge is -2.30. The topological polar surface area (TPSA) is 96.9 Å². The van der Waals surface area contributed by atoms with Crippen molar-refractivity contribution < 1.29 is 14.7 Å². The molecule has 5 unspecified atom stereocenters. The highest BCUT2D eigenvalue weighted by Gasteiger charge is 2.43. The van der Waals surface area contributed by atoms with E-state index in [1.54, 1.807) is 6.92 Å². The first-order valence-corrected chi connectivity index (χ1v) is 6.72. The summed E-state index contributed by atoms with van der Waals surface area (Å²) in [4.78, 5) is 12.4. The summed E-state index contributed by atoms with van der Waals surface area (Å²) in [6.07, 6.45) is 0.474. The molecule has 19 heavy (non-hydrogen) atoms.